The standard InChI is InChI=1S/C16H22O7/c1-4-7-14(18)21-10-12(17)13(23-16(20)9-6-3)11-22-15(19)8-5-2/h4-9,12-13,17H,10-11H2,1-3H3/b7-4+,8-5+,9-6+. The number of aliphatic hydroxyl groups excluding tert-OH is 1. The Balaban J connectivity index is 4.70. The summed E-state index contributed by atoms with van der Waals surface area (Å²) in [5, 5.41) is 9.97. The third kappa shape index (κ3) is 10.0. The number of allylic oxidation sites excluding steroid dienone is 3. The highest BCUT2D eigenvalue weighted by Gasteiger charge is 2.25. The first-order valence-corrected chi connectivity index (χ1v) is 7.04. The Morgan fingerprint density at radius 3 is 1.74 bits per heavy atom. The molecule has 0 aromatic heterocycles. The number of esters is 3. The Hall–Kier alpha value is -2.41. The number of carbonyl (C=O) groups excluding carboxylic acids is 3. The van der Waals surface area contributed by atoms with Crippen molar-refractivity contribution in [2.45, 2.75) is 33.0 Å². The van der Waals surface area contributed by atoms with Crippen LogP contribution in [0.1, 0.15) is 20.8 Å². The molecule has 0 aromatic rings. The molecule has 1 N–H and O–H groups in total. The second-order valence-corrected chi connectivity index (χ2v) is 4.30. The number of hydrogen-bond acceptors (Lipinski definition) is 7. The van der Waals surface area contributed by atoms with Gasteiger partial charge in [0.15, 0.2) is 6.10 Å². The molecule has 0 aliphatic rings. The van der Waals surface area contributed by atoms with E-state index < -0.39 is 36.7 Å². The van der Waals surface area contributed by atoms with Crippen LogP contribution in [0, 0.1) is 0 Å². The Bertz CT molecular complexity index is 477. The van der Waals surface area contributed by atoms with Gasteiger partial charge in [0, 0.05) is 18.2 Å². The van der Waals surface area contributed by atoms with Gasteiger partial charge in [0.05, 0.1) is 0 Å². The summed E-state index contributed by atoms with van der Waals surface area (Å²) in [5.41, 5.74) is 0. The van der Waals surface area contributed by atoms with Crippen LogP contribution in [0.2, 0.25) is 0 Å². The van der Waals surface area contributed by atoms with Gasteiger partial charge in [-0.05, 0) is 20.8 Å². The maximum Gasteiger partial charge on any atom is 0.330 e. The fourth-order valence-corrected chi connectivity index (χ4v) is 1.36. The number of carbonyl (C=O) groups is 3. The highest BCUT2D eigenvalue weighted by atomic mass is 16.6. The molecule has 0 aliphatic heterocycles. The van der Waals surface area contributed by atoms with Crippen LogP contribution >= 0.6 is 0 Å². The van der Waals surface area contributed by atoms with Crippen LogP contribution in [0.4, 0.5) is 0 Å². The van der Waals surface area contributed by atoms with Crippen molar-refractivity contribution in [3.63, 3.8) is 0 Å². The molecule has 7 nitrogen and oxygen atoms in total. The van der Waals surface area contributed by atoms with Crippen LogP contribution in [0.5, 0.6) is 0 Å². The maximum absolute atomic E-state index is 11.5. The first-order valence-electron chi connectivity index (χ1n) is 7.04. The van der Waals surface area contributed by atoms with Crippen molar-refractivity contribution in [1.29, 1.82) is 0 Å². The lowest BCUT2D eigenvalue weighted by Crippen LogP contribution is -2.39. The number of rotatable bonds is 9. The van der Waals surface area contributed by atoms with E-state index in [2.05, 4.69) is 0 Å². The maximum atomic E-state index is 11.5. The van der Waals surface area contributed by atoms with Gasteiger partial charge in [-0.25, -0.2) is 14.4 Å². The molecular formula is C16H22O7. The molecule has 7 heteroatoms. The molecule has 0 bridgehead atoms. The van der Waals surface area contributed by atoms with Gasteiger partial charge in [0.25, 0.3) is 0 Å². The van der Waals surface area contributed by atoms with E-state index in [9.17, 15) is 19.5 Å². The normalized spacial score (nSPS) is 14.1. The first kappa shape index (κ1) is 20.6. The summed E-state index contributed by atoms with van der Waals surface area (Å²) in [6.07, 6.45) is 5.45. The van der Waals surface area contributed by atoms with E-state index in [-0.39, 0.29) is 6.61 Å². The average molecular weight is 326 g/mol. The van der Waals surface area contributed by atoms with Gasteiger partial charge in [-0.1, -0.05) is 18.2 Å². The minimum absolute atomic E-state index is 0.366. The lowest BCUT2D eigenvalue weighted by Gasteiger charge is -2.21. The van der Waals surface area contributed by atoms with Crippen LogP contribution in [-0.4, -0.2) is 48.4 Å². The molecule has 0 aromatic carbocycles. The largest absolute Gasteiger partial charge is 0.460 e. The van der Waals surface area contributed by atoms with Crippen molar-refractivity contribution in [2.24, 2.45) is 0 Å². The molecule has 0 fully saturated rings. The fraction of sp³-hybridized carbons (Fsp3) is 0.438. The van der Waals surface area contributed by atoms with Crippen molar-refractivity contribution >= 4 is 17.9 Å². The molecule has 0 aliphatic carbocycles. The molecule has 0 rings (SSSR count). The Labute approximate surface area is 135 Å². The summed E-state index contributed by atoms with van der Waals surface area (Å²) in [6.45, 7) is 4.13. The zero-order valence-electron chi connectivity index (χ0n) is 13.4. The van der Waals surface area contributed by atoms with Gasteiger partial charge in [-0.2, -0.15) is 0 Å². The van der Waals surface area contributed by atoms with E-state index in [4.69, 9.17) is 14.2 Å². The quantitative estimate of drug-likeness (QED) is 0.384. The number of ether oxygens (including phenoxy) is 3. The molecule has 0 amide bonds. The third-order valence-corrected chi connectivity index (χ3v) is 2.39. The van der Waals surface area contributed by atoms with Crippen molar-refractivity contribution in [3.8, 4) is 0 Å². The molecule has 0 saturated carbocycles. The summed E-state index contributed by atoms with van der Waals surface area (Å²) in [6, 6.07) is 0. The van der Waals surface area contributed by atoms with Crippen molar-refractivity contribution in [2.75, 3.05) is 13.2 Å². The fourth-order valence-electron chi connectivity index (χ4n) is 1.36. The predicted octanol–water partition coefficient (Wildman–Crippen LogP) is 1.07. The molecule has 128 valence electrons. The van der Waals surface area contributed by atoms with E-state index in [0.717, 1.165) is 6.08 Å². The molecule has 0 saturated heterocycles. The zero-order chi connectivity index (χ0) is 17.7. The Kier molecular flexibility index (Phi) is 10.9. The number of hydrogen-bond donors (Lipinski definition) is 1. The van der Waals surface area contributed by atoms with Gasteiger partial charge < -0.3 is 19.3 Å². The molecular weight excluding hydrogens is 304 g/mol. The molecule has 23 heavy (non-hydrogen) atoms. The Morgan fingerprint density at radius 2 is 1.26 bits per heavy atom. The monoisotopic (exact) mass is 326 g/mol. The minimum Gasteiger partial charge on any atom is -0.460 e. The van der Waals surface area contributed by atoms with Crippen LogP contribution < -0.4 is 0 Å². The predicted molar refractivity (Wildman–Crippen MR) is 82.2 cm³/mol. The van der Waals surface area contributed by atoms with E-state index >= 15 is 0 Å². The molecule has 2 unspecified atom stereocenters. The topological polar surface area (TPSA) is 99.1 Å². The zero-order valence-corrected chi connectivity index (χ0v) is 13.4. The first-order chi connectivity index (χ1) is 10.9. The summed E-state index contributed by atoms with van der Waals surface area (Å²) in [4.78, 5) is 34.0. The minimum atomic E-state index is -1.34. The summed E-state index contributed by atoms with van der Waals surface area (Å²) in [7, 11) is 0. The van der Waals surface area contributed by atoms with Crippen molar-refractivity contribution in [3.05, 3.63) is 36.5 Å². The number of aliphatic hydroxyl groups is 1. The molecule has 2 atom stereocenters. The van der Waals surface area contributed by atoms with Crippen molar-refractivity contribution < 1.29 is 33.7 Å². The van der Waals surface area contributed by atoms with Gasteiger partial charge in [0.2, 0.25) is 0 Å². The average Bonchev–Trinajstić information content (AvgIpc) is 2.50. The molecule has 0 heterocycles. The van der Waals surface area contributed by atoms with Gasteiger partial charge >= 0.3 is 17.9 Å². The molecule has 0 radical (unpaired) electrons. The van der Waals surface area contributed by atoms with Crippen LogP contribution in [0.15, 0.2) is 36.5 Å². The second kappa shape index (κ2) is 12.2. The van der Waals surface area contributed by atoms with Crippen molar-refractivity contribution in [1.82, 2.24) is 0 Å². The van der Waals surface area contributed by atoms with Gasteiger partial charge in [-0.3, -0.25) is 0 Å². The third-order valence-electron chi connectivity index (χ3n) is 2.39. The van der Waals surface area contributed by atoms with E-state index in [1.54, 1.807) is 20.8 Å². The highest BCUT2D eigenvalue weighted by Crippen LogP contribution is 2.05. The lowest BCUT2D eigenvalue weighted by atomic mass is 10.2. The SMILES string of the molecule is C/C=C/C(=O)OCC(O)C(COC(=O)/C=C/C)OC(=O)/C=C/C. The van der Waals surface area contributed by atoms with E-state index in [0.29, 0.717) is 0 Å². The van der Waals surface area contributed by atoms with Gasteiger partial charge in [-0.15, -0.1) is 0 Å². The van der Waals surface area contributed by atoms with Gasteiger partial charge in [0.1, 0.15) is 19.3 Å². The summed E-state index contributed by atoms with van der Waals surface area (Å²) < 4.78 is 14.6. The smallest absolute Gasteiger partial charge is 0.330 e. The van der Waals surface area contributed by atoms with E-state index in [1.165, 1.54) is 30.4 Å². The van der Waals surface area contributed by atoms with E-state index in [1.807, 2.05) is 0 Å². The molecule has 0 spiro atoms. The second-order valence-electron chi connectivity index (χ2n) is 4.30. The summed E-state index contributed by atoms with van der Waals surface area (Å²) >= 11 is 0. The van der Waals surface area contributed by atoms with Crippen LogP contribution in [0.3, 0.4) is 0 Å². The lowest BCUT2D eigenvalue weighted by molar-refractivity contribution is -0.164. The van der Waals surface area contributed by atoms with Crippen LogP contribution in [-0.2, 0) is 28.6 Å². The Morgan fingerprint density at radius 1 is 0.826 bits per heavy atom. The highest BCUT2D eigenvalue weighted by molar-refractivity contribution is 5.83. The van der Waals surface area contributed by atoms with Crippen LogP contribution in [0.25, 0.3) is 0 Å². The summed E-state index contributed by atoms with van der Waals surface area (Å²) in [5.74, 6) is -1.99.